The Morgan fingerprint density at radius 3 is 2.72 bits per heavy atom. The van der Waals surface area contributed by atoms with Gasteiger partial charge in [-0.2, -0.15) is 5.10 Å². The number of carbonyl (C=O) groups is 1. The van der Waals surface area contributed by atoms with Gasteiger partial charge in [0.1, 0.15) is 6.33 Å². The van der Waals surface area contributed by atoms with Crippen molar-refractivity contribution in [1.29, 1.82) is 0 Å². The van der Waals surface area contributed by atoms with Crippen LogP contribution in [0, 0.1) is 0 Å². The van der Waals surface area contributed by atoms with Gasteiger partial charge in [0, 0.05) is 12.1 Å². The van der Waals surface area contributed by atoms with Crippen molar-refractivity contribution < 1.29 is 9.90 Å². The van der Waals surface area contributed by atoms with Crippen molar-refractivity contribution in [1.82, 2.24) is 20.5 Å². The topological polar surface area (TPSA) is 90.9 Å². The molecule has 0 spiro atoms. The first-order chi connectivity index (χ1) is 12.0. The molecule has 25 heavy (non-hydrogen) atoms. The number of carbonyl (C=O) groups excluding carboxylic acids is 1. The van der Waals surface area contributed by atoms with Crippen molar-refractivity contribution in [2.75, 3.05) is 0 Å². The molecule has 1 unspecified atom stereocenters. The molecular weight excluding hydrogens is 316 g/mol. The number of aromatic nitrogens is 3. The van der Waals surface area contributed by atoms with E-state index in [4.69, 9.17) is 0 Å². The van der Waals surface area contributed by atoms with Gasteiger partial charge in [0.05, 0.1) is 12.0 Å². The van der Waals surface area contributed by atoms with Crippen LogP contribution in [0.3, 0.4) is 0 Å². The number of benzene rings is 2. The molecular formula is C19H20N4O2. The van der Waals surface area contributed by atoms with Gasteiger partial charge in [-0.3, -0.25) is 9.89 Å². The summed E-state index contributed by atoms with van der Waals surface area (Å²) in [6.45, 7) is 2.03. The van der Waals surface area contributed by atoms with Crippen LogP contribution >= 0.6 is 0 Å². The lowest BCUT2D eigenvalue weighted by atomic mass is 9.92. The number of nitrogens with one attached hydrogen (secondary N) is 2. The molecule has 1 amide bonds. The molecule has 6 heteroatoms. The lowest BCUT2D eigenvalue weighted by Gasteiger charge is -2.23. The summed E-state index contributed by atoms with van der Waals surface area (Å²) in [5.74, 6) is 0.471. The van der Waals surface area contributed by atoms with Crippen molar-refractivity contribution >= 4 is 5.91 Å². The molecule has 0 radical (unpaired) electrons. The summed E-state index contributed by atoms with van der Waals surface area (Å²) in [6.07, 6.45) is 1.45. The Labute approximate surface area is 145 Å². The first-order valence-corrected chi connectivity index (χ1v) is 8.04. The van der Waals surface area contributed by atoms with Gasteiger partial charge < -0.3 is 10.4 Å². The second-order valence-electron chi connectivity index (χ2n) is 6.13. The van der Waals surface area contributed by atoms with Gasteiger partial charge in [-0.25, -0.2) is 4.98 Å². The Kier molecular flexibility index (Phi) is 4.90. The highest BCUT2D eigenvalue weighted by molar-refractivity contribution is 5.77. The molecule has 3 aromatic rings. The maximum Gasteiger partial charge on any atom is 0.223 e. The monoisotopic (exact) mass is 336 g/mol. The number of amides is 1. The average molecular weight is 336 g/mol. The number of aromatic amines is 1. The van der Waals surface area contributed by atoms with E-state index in [0.29, 0.717) is 12.4 Å². The van der Waals surface area contributed by atoms with Gasteiger partial charge in [0.25, 0.3) is 0 Å². The molecule has 6 nitrogen and oxygen atoms in total. The molecule has 3 N–H and O–H groups in total. The Morgan fingerprint density at radius 1 is 1.20 bits per heavy atom. The molecule has 1 atom stereocenters. The van der Waals surface area contributed by atoms with E-state index in [-0.39, 0.29) is 12.3 Å². The Morgan fingerprint density at radius 2 is 2.00 bits per heavy atom. The van der Waals surface area contributed by atoms with E-state index in [1.54, 1.807) is 6.92 Å². The normalized spacial score (nSPS) is 13.2. The molecule has 128 valence electrons. The zero-order valence-corrected chi connectivity index (χ0v) is 13.9. The summed E-state index contributed by atoms with van der Waals surface area (Å²) in [4.78, 5) is 16.3. The van der Waals surface area contributed by atoms with Crippen LogP contribution in [0.2, 0.25) is 0 Å². The zero-order chi connectivity index (χ0) is 17.7. The molecule has 0 bridgehead atoms. The maximum atomic E-state index is 12.2. The van der Waals surface area contributed by atoms with E-state index in [1.807, 2.05) is 54.6 Å². The number of H-pyrrole nitrogens is 1. The summed E-state index contributed by atoms with van der Waals surface area (Å²) in [6, 6.07) is 16.9. The van der Waals surface area contributed by atoms with Crippen molar-refractivity contribution in [3.05, 3.63) is 72.1 Å². The zero-order valence-electron chi connectivity index (χ0n) is 13.9. The molecule has 0 saturated heterocycles. The number of aliphatic hydroxyl groups is 1. The third-order valence-corrected chi connectivity index (χ3v) is 4.01. The summed E-state index contributed by atoms with van der Waals surface area (Å²) in [5, 5.41) is 20.0. The van der Waals surface area contributed by atoms with Crippen LogP contribution < -0.4 is 5.32 Å². The number of hydrogen-bond acceptors (Lipinski definition) is 4. The molecule has 0 aliphatic heterocycles. The van der Waals surface area contributed by atoms with Crippen LogP contribution in [-0.2, 0) is 16.9 Å². The minimum Gasteiger partial charge on any atom is -0.385 e. The first-order valence-electron chi connectivity index (χ1n) is 8.04. The minimum absolute atomic E-state index is 0.00118. The van der Waals surface area contributed by atoms with Gasteiger partial charge in [-0.05, 0) is 24.1 Å². The van der Waals surface area contributed by atoms with Crippen molar-refractivity contribution in [2.24, 2.45) is 0 Å². The van der Waals surface area contributed by atoms with E-state index in [9.17, 15) is 9.90 Å². The van der Waals surface area contributed by atoms with E-state index in [2.05, 4.69) is 20.5 Å². The number of rotatable bonds is 6. The molecule has 1 aromatic heterocycles. The second kappa shape index (κ2) is 7.27. The standard InChI is InChI=1S/C19H20N4O2/c1-19(25,16-8-3-2-4-9-16)11-17(24)20-12-14-6-5-7-15(10-14)18-21-13-22-23-18/h2-10,13,25H,11-12H2,1H3,(H,20,24)(H,21,22,23). The van der Waals surface area contributed by atoms with Crippen LogP contribution in [0.5, 0.6) is 0 Å². The van der Waals surface area contributed by atoms with E-state index >= 15 is 0 Å². The molecule has 0 fully saturated rings. The van der Waals surface area contributed by atoms with Crippen LogP contribution in [0.15, 0.2) is 60.9 Å². The smallest absolute Gasteiger partial charge is 0.223 e. The molecule has 0 saturated carbocycles. The average Bonchev–Trinajstić information content (AvgIpc) is 3.15. The molecule has 2 aromatic carbocycles. The van der Waals surface area contributed by atoms with E-state index in [0.717, 1.165) is 16.7 Å². The third kappa shape index (κ3) is 4.30. The summed E-state index contributed by atoms with van der Waals surface area (Å²) in [5.41, 5.74) is 1.37. The van der Waals surface area contributed by atoms with Crippen LogP contribution in [-0.4, -0.2) is 26.2 Å². The van der Waals surface area contributed by atoms with Crippen LogP contribution in [0.25, 0.3) is 11.4 Å². The minimum atomic E-state index is -1.20. The fourth-order valence-electron chi connectivity index (χ4n) is 2.65. The SMILES string of the molecule is CC(O)(CC(=O)NCc1cccc(-c2ncn[nH]2)c1)c1ccccc1. The Balaban J connectivity index is 1.60. The third-order valence-electron chi connectivity index (χ3n) is 4.01. The van der Waals surface area contributed by atoms with Crippen molar-refractivity contribution in [3.63, 3.8) is 0 Å². The predicted octanol–water partition coefficient (Wildman–Crippen LogP) is 2.39. The van der Waals surface area contributed by atoms with Crippen LogP contribution in [0.1, 0.15) is 24.5 Å². The fraction of sp³-hybridized carbons (Fsp3) is 0.211. The van der Waals surface area contributed by atoms with E-state index in [1.165, 1.54) is 6.33 Å². The number of hydrogen-bond donors (Lipinski definition) is 3. The van der Waals surface area contributed by atoms with Crippen molar-refractivity contribution in [2.45, 2.75) is 25.5 Å². The second-order valence-corrected chi connectivity index (χ2v) is 6.13. The van der Waals surface area contributed by atoms with Gasteiger partial charge >= 0.3 is 0 Å². The quantitative estimate of drug-likeness (QED) is 0.644. The molecule has 3 rings (SSSR count). The molecule has 0 aliphatic rings. The van der Waals surface area contributed by atoms with Gasteiger partial charge in [-0.1, -0.05) is 48.5 Å². The van der Waals surface area contributed by atoms with Gasteiger partial charge in [0.15, 0.2) is 5.82 Å². The fourth-order valence-corrected chi connectivity index (χ4v) is 2.65. The van der Waals surface area contributed by atoms with Crippen LogP contribution in [0.4, 0.5) is 0 Å². The highest BCUT2D eigenvalue weighted by Gasteiger charge is 2.26. The van der Waals surface area contributed by atoms with E-state index < -0.39 is 5.60 Å². The summed E-state index contributed by atoms with van der Waals surface area (Å²) >= 11 is 0. The van der Waals surface area contributed by atoms with Crippen molar-refractivity contribution in [3.8, 4) is 11.4 Å². The summed E-state index contributed by atoms with van der Waals surface area (Å²) in [7, 11) is 0. The summed E-state index contributed by atoms with van der Waals surface area (Å²) < 4.78 is 0. The van der Waals surface area contributed by atoms with Gasteiger partial charge in [0.2, 0.25) is 5.91 Å². The molecule has 0 aliphatic carbocycles. The van der Waals surface area contributed by atoms with Gasteiger partial charge in [-0.15, -0.1) is 0 Å². The maximum absolute atomic E-state index is 12.2. The first kappa shape index (κ1) is 16.9. The highest BCUT2D eigenvalue weighted by Crippen LogP contribution is 2.24. The Bertz CT molecular complexity index is 830. The largest absolute Gasteiger partial charge is 0.385 e. The Hall–Kier alpha value is -2.99. The predicted molar refractivity (Wildman–Crippen MR) is 94.3 cm³/mol. The number of nitrogens with zero attached hydrogens (tertiary/aromatic N) is 2. The lowest BCUT2D eigenvalue weighted by molar-refractivity contribution is -0.126. The molecule has 1 heterocycles. The highest BCUT2D eigenvalue weighted by atomic mass is 16.3. The lowest BCUT2D eigenvalue weighted by Crippen LogP contribution is -2.32.